The first-order valence-electron chi connectivity index (χ1n) is 6.51. The maximum absolute atomic E-state index is 12.9. The molecule has 0 aromatic heterocycles. The molecule has 0 saturated heterocycles. The number of ketones is 1. The first-order valence-corrected chi connectivity index (χ1v) is 7.68. The van der Waals surface area contributed by atoms with Crippen molar-refractivity contribution in [3.05, 3.63) is 61.6 Å². The van der Waals surface area contributed by atoms with Crippen LogP contribution in [0.4, 0.5) is 0 Å². The minimum atomic E-state index is -0.126. The van der Waals surface area contributed by atoms with Crippen LogP contribution in [0.3, 0.4) is 0 Å². The van der Waals surface area contributed by atoms with Crippen LogP contribution in [0.2, 0.25) is 5.02 Å². The molecule has 0 aliphatic heterocycles. The second-order valence-corrected chi connectivity index (χ2v) is 6.28. The Bertz CT molecular complexity index is 723. The molecule has 0 saturated carbocycles. The highest BCUT2D eigenvalue weighted by atomic mass is 79.9. The van der Waals surface area contributed by atoms with Gasteiger partial charge in [-0.25, -0.2) is 0 Å². The normalized spacial score (nSPS) is 10.6. The van der Waals surface area contributed by atoms with Crippen molar-refractivity contribution < 1.29 is 9.53 Å². The maximum atomic E-state index is 12.9. The summed E-state index contributed by atoms with van der Waals surface area (Å²) in [5.41, 5.74) is 3.81. The number of carbonyl (C=O) groups excluding carboxylic acids is 1. The predicted octanol–water partition coefficient (Wildman–Crippen LogP) is 5.27. The standard InChI is InChI=1S/C17H16BrClO2/c1-9-5-6-12(14(19)7-9)16(20)15-11(3)13(18)8-10(2)17(15)21-4/h5-8H,1-4H3. The second-order valence-electron chi connectivity index (χ2n) is 5.02. The highest BCUT2D eigenvalue weighted by Gasteiger charge is 2.22. The number of benzene rings is 2. The fourth-order valence-electron chi connectivity index (χ4n) is 2.33. The van der Waals surface area contributed by atoms with E-state index in [-0.39, 0.29) is 5.78 Å². The second kappa shape index (κ2) is 6.20. The van der Waals surface area contributed by atoms with Gasteiger partial charge in [-0.2, -0.15) is 0 Å². The molecule has 0 radical (unpaired) electrons. The summed E-state index contributed by atoms with van der Waals surface area (Å²) in [5.74, 6) is 0.469. The van der Waals surface area contributed by atoms with Crippen LogP contribution in [-0.2, 0) is 0 Å². The molecule has 0 bridgehead atoms. The molecule has 0 unspecified atom stereocenters. The van der Waals surface area contributed by atoms with Crippen LogP contribution in [0.5, 0.6) is 5.75 Å². The van der Waals surface area contributed by atoms with Crippen molar-refractivity contribution in [2.24, 2.45) is 0 Å². The molecule has 0 aliphatic carbocycles. The van der Waals surface area contributed by atoms with Gasteiger partial charge >= 0.3 is 0 Å². The number of hydrogen-bond acceptors (Lipinski definition) is 2. The van der Waals surface area contributed by atoms with Crippen LogP contribution >= 0.6 is 27.5 Å². The molecule has 0 spiro atoms. The summed E-state index contributed by atoms with van der Waals surface area (Å²) < 4.78 is 6.32. The number of hydrogen-bond donors (Lipinski definition) is 0. The van der Waals surface area contributed by atoms with Gasteiger partial charge in [-0.05, 0) is 55.7 Å². The van der Waals surface area contributed by atoms with Crippen molar-refractivity contribution in [3.8, 4) is 5.75 Å². The maximum Gasteiger partial charge on any atom is 0.198 e. The SMILES string of the molecule is COc1c(C)cc(Br)c(C)c1C(=O)c1ccc(C)cc1Cl. The van der Waals surface area contributed by atoms with Gasteiger partial charge in [0.15, 0.2) is 5.78 Å². The highest BCUT2D eigenvalue weighted by Crippen LogP contribution is 2.35. The zero-order valence-corrected chi connectivity index (χ0v) is 14.7. The first kappa shape index (κ1) is 16.1. The molecule has 4 heteroatoms. The van der Waals surface area contributed by atoms with Gasteiger partial charge in [-0.3, -0.25) is 4.79 Å². The Kier molecular flexibility index (Phi) is 4.74. The van der Waals surface area contributed by atoms with E-state index < -0.39 is 0 Å². The van der Waals surface area contributed by atoms with Gasteiger partial charge in [0.1, 0.15) is 5.75 Å². The fraction of sp³-hybridized carbons (Fsp3) is 0.235. The molecule has 0 atom stereocenters. The van der Waals surface area contributed by atoms with Crippen molar-refractivity contribution in [3.63, 3.8) is 0 Å². The lowest BCUT2D eigenvalue weighted by molar-refractivity contribution is 0.103. The number of halogens is 2. The molecule has 2 aromatic rings. The number of rotatable bonds is 3. The summed E-state index contributed by atoms with van der Waals surface area (Å²) in [4.78, 5) is 12.9. The van der Waals surface area contributed by atoms with E-state index in [9.17, 15) is 4.79 Å². The van der Waals surface area contributed by atoms with Crippen LogP contribution in [0.1, 0.15) is 32.6 Å². The van der Waals surface area contributed by atoms with Crippen LogP contribution in [0, 0.1) is 20.8 Å². The summed E-state index contributed by atoms with van der Waals surface area (Å²) in [6.45, 7) is 5.74. The average Bonchev–Trinajstić information content (AvgIpc) is 2.41. The van der Waals surface area contributed by atoms with E-state index in [1.807, 2.05) is 32.9 Å². The lowest BCUT2D eigenvalue weighted by atomic mass is 9.95. The summed E-state index contributed by atoms with van der Waals surface area (Å²) in [5, 5.41) is 0.457. The molecule has 0 heterocycles. The quantitative estimate of drug-likeness (QED) is 0.691. The van der Waals surface area contributed by atoms with Gasteiger partial charge < -0.3 is 4.74 Å². The molecule has 21 heavy (non-hydrogen) atoms. The zero-order valence-electron chi connectivity index (χ0n) is 12.4. The Hall–Kier alpha value is -1.32. The smallest absolute Gasteiger partial charge is 0.198 e. The predicted molar refractivity (Wildman–Crippen MR) is 89.8 cm³/mol. The van der Waals surface area contributed by atoms with Gasteiger partial charge in [0.2, 0.25) is 0 Å². The molecule has 2 rings (SSSR count). The third kappa shape index (κ3) is 2.99. The molecule has 2 aromatic carbocycles. The zero-order chi connectivity index (χ0) is 15.7. The van der Waals surface area contributed by atoms with Gasteiger partial charge in [-0.1, -0.05) is 33.6 Å². The van der Waals surface area contributed by atoms with E-state index in [0.29, 0.717) is 21.9 Å². The van der Waals surface area contributed by atoms with E-state index in [1.54, 1.807) is 19.2 Å². The Labute approximate surface area is 138 Å². The van der Waals surface area contributed by atoms with E-state index in [2.05, 4.69) is 15.9 Å². The van der Waals surface area contributed by atoms with E-state index in [0.717, 1.165) is 21.2 Å². The van der Waals surface area contributed by atoms with Gasteiger partial charge in [0, 0.05) is 10.0 Å². The van der Waals surface area contributed by atoms with Crippen molar-refractivity contribution in [1.82, 2.24) is 0 Å². The molecule has 110 valence electrons. The van der Waals surface area contributed by atoms with Gasteiger partial charge in [-0.15, -0.1) is 0 Å². The monoisotopic (exact) mass is 366 g/mol. The lowest BCUT2D eigenvalue weighted by Gasteiger charge is -2.16. The first-order chi connectivity index (χ1) is 9.86. The third-order valence-corrected chi connectivity index (χ3v) is 4.60. The number of ether oxygens (including phenoxy) is 1. The Morgan fingerprint density at radius 2 is 1.86 bits per heavy atom. The Balaban J connectivity index is 2.68. The van der Waals surface area contributed by atoms with Crippen molar-refractivity contribution in [1.29, 1.82) is 0 Å². The lowest BCUT2D eigenvalue weighted by Crippen LogP contribution is -2.09. The van der Waals surface area contributed by atoms with Crippen LogP contribution in [0.15, 0.2) is 28.7 Å². The minimum absolute atomic E-state index is 0.126. The van der Waals surface area contributed by atoms with E-state index in [4.69, 9.17) is 16.3 Å². The van der Waals surface area contributed by atoms with Crippen LogP contribution < -0.4 is 4.74 Å². The summed E-state index contributed by atoms with van der Waals surface area (Å²) in [6.07, 6.45) is 0. The molecular formula is C17H16BrClO2. The van der Waals surface area contributed by atoms with Crippen molar-refractivity contribution in [2.45, 2.75) is 20.8 Å². The Morgan fingerprint density at radius 1 is 1.19 bits per heavy atom. The summed E-state index contributed by atoms with van der Waals surface area (Å²) in [7, 11) is 1.57. The molecule has 0 aliphatic rings. The van der Waals surface area contributed by atoms with Gasteiger partial charge in [0.05, 0.1) is 17.7 Å². The highest BCUT2D eigenvalue weighted by molar-refractivity contribution is 9.10. The van der Waals surface area contributed by atoms with Crippen molar-refractivity contribution >= 4 is 33.3 Å². The average molecular weight is 368 g/mol. The molecule has 2 nitrogen and oxygen atoms in total. The number of carbonyl (C=O) groups is 1. The Morgan fingerprint density at radius 3 is 2.43 bits per heavy atom. The summed E-state index contributed by atoms with van der Waals surface area (Å²) >= 11 is 9.72. The molecule has 0 N–H and O–H groups in total. The van der Waals surface area contributed by atoms with E-state index >= 15 is 0 Å². The molecule has 0 amide bonds. The largest absolute Gasteiger partial charge is 0.496 e. The van der Waals surface area contributed by atoms with E-state index in [1.165, 1.54) is 0 Å². The van der Waals surface area contributed by atoms with Crippen LogP contribution in [0.25, 0.3) is 0 Å². The fourth-order valence-corrected chi connectivity index (χ4v) is 3.19. The third-order valence-electron chi connectivity index (χ3n) is 3.46. The molecular weight excluding hydrogens is 352 g/mol. The summed E-state index contributed by atoms with van der Waals surface area (Å²) in [6, 6.07) is 7.38. The number of methoxy groups -OCH3 is 1. The minimum Gasteiger partial charge on any atom is -0.496 e. The van der Waals surface area contributed by atoms with Gasteiger partial charge in [0.25, 0.3) is 0 Å². The topological polar surface area (TPSA) is 26.3 Å². The van der Waals surface area contributed by atoms with Crippen molar-refractivity contribution in [2.75, 3.05) is 7.11 Å². The molecule has 0 fully saturated rings. The number of aryl methyl sites for hydroxylation is 2. The van der Waals surface area contributed by atoms with Crippen LogP contribution in [-0.4, -0.2) is 12.9 Å².